The molecule has 0 aliphatic carbocycles. The van der Waals surface area contributed by atoms with Gasteiger partial charge in [0.25, 0.3) is 0 Å². The molecule has 0 aliphatic rings. The Hall–Kier alpha value is -3.14. The average molecular weight is 661 g/mol. The van der Waals surface area contributed by atoms with E-state index in [1.807, 2.05) is 0 Å². The minimum Gasteiger partial charge on any atom is -0.481 e. The Morgan fingerprint density at radius 2 is 1.09 bits per heavy atom. The number of rotatable bonds is 34. The molecule has 15 nitrogen and oxygen atoms in total. The van der Waals surface area contributed by atoms with Crippen LogP contribution in [0.5, 0.6) is 0 Å². The number of carbonyl (C=O) groups is 5. The molecule has 1 atom stereocenters. The zero-order chi connectivity index (χ0) is 34.1. The molecule has 5 N–H and O–H groups in total. The van der Waals surface area contributed by atoms with E-state index < -0.39 is 17.9 Å². The number of hydrogen-bond donors (Lipinski definition) is 5. The average Bonchev–Trinajstić information content (AvgIpc) is 3.02. The van der Waals surface area contributed by atoms with Crippen LogP contribution in [0.15, 0.2) is 0 Å². The molecule has 0 fully saturated rings. The Morgan fingerprint density at radius 3 is 1.70 bits per heavy atom. The zero-order valence-electron chi connectivity index (χ0n) is 27.0. The van der Waals surface area contributed by atoms with E-state index in [-0.39, 0.29) is 89.6 Å². The molecular weight excluding hydrogens is 606 g/mol. The first-order chi connectivity index (χ1) is 22.3. The van der Waals surface area contributed by atoms with Gasteiger partial charge in [-0.1, -0.05) is 38.5 Å². The number of carboxylic acids is 2. The van der Waals surface area contributed by atoms with Crippen LogP contribution in [0.2, 0.25) is 0 Å². The third-order valence-corrected chi connectivity index (χ3v) is 6.69. The van der Waals surface area contributed by atoms with Crippen molar-refractivity contribution >= 4 is 35.9 Å². The van der Waals surface area contributed by atoms with Gasteiger partial charge in [-0.15, -0.1) is 0 Å². The molecule has 0 bridgehead atoms. The number of amides is 3. The number of carboxylic acid groups (broad SMARTS) is 2. The van der Waals surface area contributed by atoms with E-state index in [0.717, 1.165) is 38.5 Å². The van der Waals surface area contributed by atoms with E-state index in [2.05, 4.69) is 16.0 Å². The van der Waals surface area contributed by atoms with Crippen molar-refractivity contribution in [3.63, 3.8) is 0 Å². The standard InChI is InChI=1S/C31H54N3O12/c35-17-20-45-22-21-43-18-15-33-27(36)10-8-14-32-29(38)25-46-24-23-44-19-16-34-28(37)13-12-26(31(41)42)9-6-4-2-1-3-5-7-11-30(39)40/h26H,1-16,18-25H2,(H,32,38)(H,33,36)(H,34,37)(H,39,40)(H,41,42)/t26-/m0/s1. The zero-order valence-corrected chi connectivity index (χ0v) is 27.0. The Balaban J connectivity index is 3.61. The molecule has 0 aromatic carbocycles. The van der Waals surface area contributed by atoms with Crippen LogP contribution in [0.3, 0.4) is 0 Å². The smallest absolute Gasteiger partial charge is 0.306 e. The number of ether oxygens (including phenoxy) is 4. The first kappa shape index (κ1) is 42.9. The van der Waals surface area contributed by atoms with Gasteiger partial charge in [-0.05, 0) is 25.7 Å². The summed E-state index contributed by atoms with van der Waals surface area (Å²) < 4.78 is 20.7. The van der Waals surface area contributed by atoms with Crippen molar-refractivity contribution in [3.8, 4) is 0 Å². The third kappa shape index (κ3) is 30.9. The maximum absolute atomic E-state index is 12.1. The molecule has 0 saturated carbocycles. The lowest BCUT2D eigenvalue weighted by Gasteiger charge is -2.12. The molecule has 15 heteroatoms. The van der Waals surface area contributed by atoms with Crippen LogP contribution in [0.25, 0.3) is 0 Å². The topological polar surface area (TPSA) is 216 Å². The SMILES string of the molecule is O=[C]COCCOCCNC(=O)CCCNC(=O)COCCOCCNC(=O)CC[C@H](CCCCCCCCCC(=O)O)C(=O)O. The van der Waals surface area contributed by atoms with Gasteiger partial charge in [-0.25, -0.2) is 0 Å². The summed E-state index contributed by atoms with van der Waals surface area (Å²) in [5.74, 6) is -2.91. The minimum atomic E-state index is -0.893. The van der Waals surface area contributed by atoms with Crippen molar-refractivity contribution < 1.29 is 57.9 Å². The molecule has 3 amide bonds. The molecule has 0 aliphatic heterocycles. The van der Waals surface area contributed by atoms with Gasteiger partial charge in [0.15, 0.2) is 0 Å². The number of nitrogens with one attached hydrogen (secondary N) is 3. The maximum atomic E-state index is 12.1. The summed E-state index contributed by atoms with van der Waals surface area (Å²) in [5, 5.41) is 26.2. The van der Waals surface area contributed by atoms with Crippen LogP contribution in [-0.4, -0.2) is 119 Å². The second-order valence-electron chi connectivity index (χ2n) is 10.6. The number of unbranched alkanes of at least 4 members (excludes halogenated alkanes) is 6. The van der Waals surface area contributed by atoms with Crippen LogP contribution in [0, 0.1) is 5.92 Å². The van der Waals surface area contributed by atoms with Gasteiger partial charge in [0.05, 0.1) is 45.6 Å². The van der Waals surface area contributed by atoms with Gasteiger partial charge in [0, 0.05) is 38.9 Å². The third-order valence-electron chi connectivity index (χ3n) is 6.69. The van der Waals surface area contributed by atoms with Crippen molar-refractivity contribution in [3.05, 3.63) is 0 Å². The fourth-order valence-electron chi connectivity index (χ4n) is 4.20. The highest BCUT2D eigenvalue weighted by atomic mass is 16.5. The predicted octanol–water partition coefficient (Wildman–Crippen LogP) is 1.37. The summed E-state index contributed by atoms with van der Waals surface area (Å²) in [6.45, 7) is 2.34. The quantitative estimate of drug-likeness (QED) is 0.0619. The summed E-state index contributed by atoms with van der Waals surface area (Å²) in [6, 6.07) is 0. The van der Waals surface area contributed by atoms with Crippen molar-refractivity contribution in [1.29, 1.82) is 0 Å². The Kier molecular flexibility index (Phi) is 29.7. The summed E-state index contributed by atoms with van der Waals surface area (Å²) in [7, 11) is 0. The second-order valence-corrected chi connectivity index (χ2v) is 10.6. The Labute approximate surface area is 271 Å². The van der Waals surface area contributed by atoms with Crippen LogP contribution in [0.1, 0.15) is 83.5 Å². The van der Waals surface area contributed by atoms with Gasteiger partial charge in [-0.3, -0.25) is 28.8 Å². The summed E-state index contributed by atoms with van der Waals surface area (Å²) in [5.41, 5.74) is 0. The molecule has 0 heterocycles. The molecule has 46 heavy (non-hydrogen) atoms. The van der Waals surface area contributed by atoms with Gasteiger partial charge >= 0.3 is 11.9 Å². The highest BCUT2D eigenvalue weighted by Gasteiger charge is 2.18. The summed E-state index contributed by atoms with van der Waals surface area (Å²) in [6.07, 6.45) is 9.72. The fourth-order valence-corrected chi connectivity index (χ4v) is 4.20. The van der Waals surface area contributed by atoms with E-state index in [1.165, 1.54) is 0 Å². The van der Waals surface area contributed by atoms with Crippen LogP contribution in [-0.2, 0) is 47.7 Å². The van der Waals surface area contributed by atoms with Gasteiger partial charge in [-0.2, -0.15) is 0 Å². The largest absolute Gasteiger partial charge is 0.481 e. The molecule has 0 rings (SSSR count). The lowest BCUT2D eigenvalue weighted by atomic mass is 9.95. The maximum Gasteiger partial charge on any atom is 0.306 e. The summed E-state index contributed by atoms with van der Waals surface area (Å²) in [4.78, 5) is 67.6. The number of carbonyl (C=O) groups excluding carboxylic acids is 4. The fraction of sp³-hybridized carbons (Fsp3) is 0.806. The van der Waals surface area contributed by atoms with Crippen molar-refractivity contribution in [2.75, 3.05) is 72.5 Å². The molecule has 0 aromatic rings. The van der Waals surface area contributed by atoms with Crippen molar-refractivity contribution in [2.24, 2.45) is 5.92 Å². The van der Waals surface area contributed by atoms with E-state index in [4.69, 9.17) is 24.1 Å². The summed E-state index contributed by atoms with van der Waals surface area (Å²) >= 11 is 0. The predicted molar refractivity (Wildman–Crippen MR) is 167 cm³/mol. The lowest BCUT2D eigenvalue weighted by Crippen LogP contribution is -2.31. The van der Waals surface area contributed by atoms with E-state index in [9.17, 15) is 33.9 Å². The monoisotopic (exact) mass is 660 g/mol. The van der Waals surface area contributed by atoms with Gasteiger partial charge in [0.1, 0.15) is 13.2 Å². The highest BCUT2D eigenvalue weighted by Crippen LogP contribution is 2.17. The molecule has 0 saturated heterocycles. The molecule has 1 radical (unpaired) electrons. The molecule has 0 aromatic heterocycles. The van der Waals surface area contributed by atoms with Crippen LogP contribution < -0.4 is 16.0 Å². The van der Waals surface area contributed by atoms with Gasteiger partial charge in [0.2, 0.25) is 24.0 Å². The highest BCUT2D eigenvalue weighted by molar-refractivity contribution is 5.78. The Morgan fingerprint density at radius 1 is 0.543 bits per heavy atom. The molecule has 0 spiro atoms. The van der Waals surface area contributed by atoms with Crippen LogP contribution >= 0.6 is 0 Å². The number of aliphatic carboxylic acids is 2. The van der Waals surface area contributed by atoms with Gasteiger partial charge < -0.3 is 45.1 Å². The van der Waals surface area contributed by atoms with Crippen molar-refractivity contribution in [2.45, 2.75) is 83.5 Å². The first-order valence-corrected chi connectivity index (χ1v) is 16.2. The molecular formula is C31H54N3O12. The van der Waals surface area contributed by atoms with E-state index in [0.29, 0.717) is 45.6 Å². The Bertz CT molecular complexity index is 844. The normalized spacial score (nSPS) is 11.5. The second kappa shape index (κ2) is 31.8. The van der Waals surface area contributed by atoms with Crippen molar-refractivity contribution in [1.82, 2.24) is 16.0 Å². The van der Waals surface area contributed by atoms with Crippen LogP contribution in [0.4, 0.5) is 0 Å². The number of hydrogen-bond acceptors (Lipinski definition) is 10. The lowest BCUT2D eigenvalue weighted by molar-refractivity contribution is -0.142. The first-order valence-electron chi connectivity index (χ1n) is 16.2. The van der Waals surface area contributed by atoms with E-state index in [1.54, 1.807) is 6.29 Å². The molecule has 265 valence electrons. The minimum absolute atomic E-state index is 0.0905. The van der Waals surface area contributed by atoms with E-state index >= 15 is 0 Å². The molecule has 0 unspecified atom stereocenters.